The van der Waals surface area contributed by atoms with Crippen LogP contribution < -0.4 is 0 Å². The molecule has 1 amide bonds. The van der Waals surface area contributed by atoms with Crippen LogP contribution in [0.4, 0.5) is 0 Å². The number of carbonyl (C=O) groups excluding carboxylic acids is 1. The number of thioether (sulfide) groups is 2. The number of hydrogen-bond donors (Lipinski definition) is 0. The van der Waals surface area contributed by atoms with Crippen molar-refractivity contribution in [3.8, 4) is 0 Å². The number of amides is 1. The molecule has 2 aromatic rings. The lowest BCUT2D eigenvalue weighted by Gasteiger charge is -2.16. The van der Waals surface area contributed by atoms with Crippen LogP contribution in [0.5, 0.6) is 0 Å². The van der Waals surface area contributed by atoms with Crippen molar-refractivity contribution in [3.05, 3.63) is 65.2 Å². The standard InChI is InChI=1S/C19H19NOS3/c1-13-3-5-15(6-4-13)12-20-18(21)17(24-19(20)22)11-14-7-9-16(23-2)10-8-14/h3-10,17H,11-12H2,1-2H3/t17-/m1/s1. The highest BCUT2D eigenvalue weighted by Crippen LogP contribution is 2.31. The molecule has 1 fully saturated rings. The topological polar surface area (TPSA) is 20.3 Å². The number of benzene rings is 2. The highest BCUT2D eigenvalue weighted by atomic mass is 32.2. The van der Waals surface area contributed by atoms with Crippen molar-refractivity contribution < 1.29 is 4.79 Å². The molecule has 1 atom stereocenters. The van der Waals surface area contributed by atoms with Gasteiger partial charge >= 0.3 is 0 Å². The van der Waals surface area contributed by atoms with Crippen molar-refractivity contribution in [1.29, 1.82) is 0 Å². The van der Waals surface area contributed by atoms with E-state index in [0.29, 0.717) is 10.9 Å². The van der Waals surface area contributed by atoms with Gasteiger partial charge in [-0.1, -0.05) is 65.9 Å². The molecular weight excluding hydrogens is 354 g/mol. The van der Waals surface area contributed by atoms with Gasteiger partial charge < -0.3 is 0 Å². The average Bonchev–Trinajstić information content (AvgIpc) is 2.85. The van der Waals surface area contributed by atoms with Gasteiger partial charge in [0.05, 0.1) is 11.8 Å². The molecule has 3 rings (SSSR count). The van der Waals surface area contributed by atoms with Gasteiger partial charge in [-0.05, 0) is 42.9 Å². The second-order valence-electron chi connectivity index (χ2n) is 5.83. The summed E-state index contributed by atoms with van der Waals surface area (Å²) in [5, 5.41) is -0.108. The molecule has 1 aliphatic rings. The molecule has 1 saturated heterocycles. The van der Waals surface area contributed by atoms with E-state index in [4.69, 9.17) is 12.2 Å². The molecule has 24 heavy (non-hydrogen) atoms. The van der Waals surface area contributed by atoms with E-state index < -0.39 is 0 Å². The minimum atomic E-state index is -0.108. The van der Waals surface area contributed by atoms with Crippen molar-refractivity contribution >= 4 is 46.0 Å². The Labute approximate surface area is 157 Å². The first-order valence-electron chi connectivity index (χ1n) is 7.77. The zero-order chi connectivity index (χ0) is 17.1. The first-order chi connectivity index (χ1) is 11.6. The predicted molar refractivity (Wildman–Crippen MR) is 108 cm³/mol. The Balaban J connectivity index is 1.67. The van der Waals surface area contributed by atoms with Gasteiger partial charge in [-0.25, -0.2) is 0 Å². The summed E-state index contributed by atoms with van der Waals surface area (Å²) in [5.74, 6) is 0.125. The normalized spacial score (nSPS) is 17.6. The maximum Gasteiger partial charge on any atom is 0.242 e. The summed E-state index contributed by atoms with van der Waals surface area (Å²) < 4.78 is 0.686. The van der Waals surface area contributed by atoms with E-state index in [-0.39, 0.29) is 11.2 Å². The first kappa shape index (κ1) is 17.5. The van der Waals surface area contributed by atoms with Gasteiger partial charge in [-0.2, -0.15) is 0 Å². The van der Waals surface area contributed by atoms with Gasteiger partial charge in [-0.15, -0.1) is 11.8 Å². The Kier molecular flexibility index (Phi) is 5.64. The molecule has 0 unspecified atom stereocenters. The smallest absolute Gasteiger partial charge is 0.242 e. The van der Waals surface area contributed by atoms with Crippen LogP contribution in [0, 0.1) is 6.92 Å². The van der Waals surface area contributed by atoms with Gasteiger partial charge in [0.1, 0.15) is 4.32 Å². The van der Waals surface area contributed by atoms with Crippen LogP contribution in [0.1, 0.15) is 16.7 Å². The molecule has 0 N–H and O–H groups in total. The van der Waals surface area contributed by atoms with Crippen LogP contribution in [-0.2, 0) is 17.8 Å². The minimum absolute atomic E-state index is 0.108. The van der Waals surface area contributed by atoms with Crippen molar-refractivity contribution in [3.63, 3.8) is 0 Å². The largest absolute Gasteiger partial charge is 0.292 e. The van der Waals surface area contributed by atoms with Crippen LogP contribution >= 0.6 is 35.7 Å². The number of nitrogens with zero attached hydrogens (tertiary/aromatic N) is 1. The Bertz CT molecular complexity index is 740. The van der Waals surface area contributed by atoms with Gasteiger partial charge in [0.25, 0.3) is 0 Å². The number of carbonyl (C=O) groups is 1. The summed E-state index contributed by atoms with van der Waals surface area (Å²) in [4.78, 5) is 15.7. The first-order valence-corrected chi connectivity index (χ1v) is 10.3. The van der Waals surface area contributed by atoms with E-state index in [1.165, 1.54) is 27.8 Å². The van der Waals surface area contributed by atoms with Gasteiger partial charge in [0.15, 0.2) is 0 Å². The Morgan fingerprint density at radius 2 is 1.71 bits per heavy atom. The van der Waals surface area contributed by atoms with E-state index in [9.17, 15) is 4.79 Å². The fraction of sp³-hybridized carbons (Fsp3) is 0.263. The Morgan fingerprint density at radius 3 is 2.33 bits per heavy atom. The number of hydrogen-bond acceptors (Lipinski definition) is 4. The van der Waals surface area contributed by atoms with E-state index in [0.717, 1.165) is 12.0 Å². The van der Waals surface area contributed by atoms with Gasteiger partial charge in [0.2, 0.25) is 5.91 Å². The van der Waals surface area contributed by atoms with Gasteiger partial charge in [0, 0.05) is 4.90 Å². The Morgan fingerprint density at radius 1 is 1.08 bits per heavy atom. The molecule has 0 spiro atoms. The summed E-state index contributed by atoms with van der Waals surface area (Å²) in [6.45, 7) is 2.62. The molecule has 1 heterocycles. The third-order valence-corrected chi connectivity index (χ3v) is 6.37. The zero-order valence-electron chi connectivity index (χ0n) is 13.7. The Hall–Kier alpha value is -1.30. The second kappa shape index (κ2) is 7.72. The van der Waals surface area contributed by atoms with Crippen LogP contribution in [0.15, 0.2) is 53.4 Å². The lowest BCUT2D eigenvalue weighted by molar-refractivity contribution is -0.126. The maximum absolute atomic E-state index is 12.7. The molecule has 0 radical (unpaired) electrons. The molecule has 2 aromatic carbocycles. The summed E-state index contributed by atoms with van der Waals surface area (Å²) in [7, 11) is 0. The summed E-state index contributed by atoms with van der Waals surface area (Å²) in [6.07, 6.45) is 2.79. The van der Waals surface area contributed by atoms with Crippen molar-refractivity contribution in [2.75, 3.05) is 6.26 Å². The predicted octanol–water partition coefficient (Wildman–Crippen LogP) is 4.69. The number of aryl methyl sites for hydroxylation is 1. The van der Waals surface area contributed by atoms with Crippen molar-refractivity contribution in [2.24, 2.45) is 0 Å². The fourth-order valence-electron chi connectivity index (χ4n) is 2.62. The van der Waals surface area contributed by atoms with Crippen LogP contribution in [0.2, 0.25) is 0 Å². The number of rotatable bonds is 5. The van der Waals surface area contributed by atoms with Crippen molar-refractivity contribution in [1.82, 2.24) is 4.90 Å². The monoisotopic (exact) mass is 373 g/mol. The lowest BCUT2D eigenvalue weighted by Crippen LogP contribution is -2.31. The van der Waals surface area contributed by atoms with Crippen LogP contribution in [-0.4, -0.2) is 26.6 Å². The minimum Gasteiger partial charge on any atom is -0.292 e. The lowest BCUT2D eigenvalue weighted by atomic mass is 10.1. The highest BCUT2D eigenvalue weighted by molar-refractivity contribution is 8.24. The third kappa shape index (κ3) is 4.02. The zero-order valence-corrected chi connectivity index (χ0v) is 16.1. The summed E-state index contributed by atoms with van der Waals surface area (Å²) >= 11 is 8.67. The van der Waals surface area contributed by atoms with E-state index in [1.54, 1.807) is 16.7 Å². The van der Waals surface area contributed by atoms with Crippen LogP contribution in [0.25, 0.3) is 0 Å². The average molecular weight is 374 g/mol. The summed E-state index contributed by atoms with van der Waals surface area (Å²) in [5.41, 5.74) is 3.51. The summed E-state index contributed by atoms with van der Waals surface area (Å²) in [6, 6.07) is 16.7. The molecule has 0 bridgehead atoms. The third-order valence-electron chi connectivity index (χ3n) is 4.05. The quantitative estimate of drug-likeness (QED) is 0.559. The molecule has 1 aliphatic heterocycles. The van der Waals surface area contributed by atoms with Crippen molar-refractivity contribution in [2.45, 2.75) is 30.0 Å². The number of thiocarbonyl (C=S) groups is 1. The molecular formula is C19H19NOS3. The van der Waals surface area contributed by atoms with E-state index >= 15 is 0 Å². The van der Waals surface area contributed by atoms with E-state index in [1.807, 2.05) is 0 Å². The highest BCUT2D eigenvalue weighted by Gasteiger charge is 2.36. The van der Waals surface area contributed by atoms with Gasteiger partial charge in [-0.3, -0.25) is 9.69 Å². The molecule has 0 aliphatic carbocycles. The molecule has 5 heteroatoms. The SMILES string of the molecule is CSc1ccc(C[C@H]2SC(=S)N(Cc3ccc(C)cc3)C2=O)cc1. The van der Waals surface area contributed by atoms with Crippen LogP contribution in [0.3, 0.4) is 0 Å². The van der Waals surface area contributed by atoms with E-state index in [2.05, 4.69) is 61.7 Å². The molecule has 0 saturated carbocycles. The molecule has 124 valence electrons. The second-order valence-corrected chi connectivity index (χ2v) is 8.55. The maximum atomic E-state index is 12.7. The molecule has 2 nitrogen and oxygen atoms in total. The molecule has 0 aromatic heterocycles. The fourth-order valence-corrected chi connectivity index (χ4v) is 4.56.